The maximum Gasteiger partial charge on any atom is 0.416 e. The largest absolute Gasteiger partial charge is 0.457 e. The van der Waals surface area contributed by atoms with Crippen LogP contribution < -0.4 is 21.1 Å². The second-order valence-electron chi connectivity index (χ2n) is 8.59. The number of carbonyl (C=O) groups is 2. The third-order valence-electron chi connectivity index (χ3n) is 5.95. The number of fused-ring (bicyclic) bond motifs is 1. The molecule has 0 radical (unpaired) electrons. The van der Waals surface area contributed by atoms with Gasteiger partial charge in [0.25, 0.3) is 0 Å². The van der Waals surface area contributed by atoms with Gasteiger partial charge in [0.1, 0.15) is 17.3 Å². The van der Waals surface area contributed by atoms with Crippen molar-refractivity contribution in [1.82, 2.24) is 4.98 Å². The molecule has 1 unspecified atom stereocenters. The Morgan fingerprint density at radius 3 is 2.56 bits per heavy atom. The van der Waals surface area contributed by atoms with E-state index in [9.17, 15) is 22.8 Å². The van der Waals surface area contributed by atoms with E-state index in [1.807, 2.05) is 18.2 Å². The third-order valence-corrected chi connectivity index (χ3v) is 5.95. The van der Waals surface area contributed by atoms with Gasteiger partial charge in [0.15, 0.2) is 0 Å². The summed E-state index contributed by atoms with van der Waals surface area (Å²) < 4.78 is 45.9. The van der Waals surface area contributed by atoms with Gasteiger partial charge in [0, 0.05) is 37.3 Å². The van der Waals surface area contributed by atoms with Crippen LogP contribution in [0.5, 0.6) is 11.5 Å². The van der Waals surface area contributed by atoms with Crippen molar-refractivity contribution in [1.29, 1.82) is 0 Å². The number of aryl methyl sites for hydroxylation is 1. The molecular weight excluding hydrogens is 473 g/mol. The number of hydrogen-bond acceptors (Lipinski definition) is 5. The number of hydrogen-bond donors (Lipinski definition) is 3. The molecule has 4 rings (SSSR count). The number of aromatic nitrogens is 1. The van der Waals surface area contributed by atoms with E-state index in [0.717, 1.165) is 17.2 Å². The topological polar surface area (TPSA) is 106 Å². The van der Waals surface area contributed by atoms with Crippen molar-refractivity contribution in [2.24, 2.45) is 11.7 Å². The molecule has 0 fully saturated rings. The summed E-state index contributed by atoms with van der Waals surface area (Å²) >= 11 is 0. The van der Waals surface area contributed by atoms with Crippen molar-refractivity contribution in [3.8, 4) is 11.5 Å². The van der Waals surface area contributed by atoms with Crippen LogP contribution in [0.25, 0.3) is 0 Å². The van der Waals surface area contributed by atoms with Crippen molar-refractivity contribution < 1.29 is 27.5 Å². The molecule has 2 aromatic carbocycles. The van der Waals surface area contributed by atoms with Gasteiger partial charge >= 0.3 is 6.18 Å². The highest BCUT2D eigenvalue weighted by molar-refractivity contribution is 5.93. The maximum absolute atomic E-state index is 13.3. The zero-order valence-electron chi connectivity index (χ0n) is 19.5. The fraction of sp³-hybridized carbons (Fsp3) is 0.269. The number of amides is 2. The lowest BCUT2D eigenvalue weighted by molar-refractivity contribution is -0.138. The maximum atomic E-state index is 13.3. The van der Waals surface area contributed by atoms with Crippen LogP contribution in [0.3, 0.4) is 0 Å². The van der Waals surface area contributed by atoms with Gasteiger partial charge in [0.2, 0.25) is 11.8 Å². The Kier molecular flexibility index (Phi) is 7.25. The van der Waals surface area contributed by atoms with Gasteiger partial charge in [-0.3, -0.25) is 9.59 Å². The zero-order chi connectivity index (χ0) is 25.9. The smallest absolute Gasteiger partial charge is 0.416 e. The molecule has 0 saturated heterocycles. The molecule has 4 N–H and O–H groups in total. The number of ether oxygens (including phenoxy) is 1. The van der Waals surface area contributed by atoms with Crippen LogP contribution in [-0.2, 0) is 35.2 Å². The Labute approximate surface area is 205 Å². The average Bonchev–Trinajstić information content (AvgIpc) is 2.83. The molecule has 10 heteroatoms. The van der Waals surface area contributed by atoms with Crippen molar-refractivity contribution in [3.63, 3.8) is 0 Å². The van der Waals surface area contributed by atoms with E-state index >= 15 is 0 Å². The van der Waals surface area contributed by atoms with E-state index in [0.29, 0.717) is 36.6 Å². The number of alkyl halides is 3. The predicted molar refractivity (Wildman–Crippen MR) is 129 cm³/mol. The van der Waals surface area contributed by atoms with Crippen LogP contribution in [-0.4, -0.2) is 16.8 Å². The lowest BCUT2D eigenvalue weighted by Gasteiger charge is -2.25. The van der Waals surface area contributed by atoms with Gasteiger partial charge in [-0.25, -0.2) is 4.98 Å². The Morgan fingerprint density at radius 2 is 1.83 bits per heavy atom. The fourth-order valence-electron chi connectivity index (χ4n) is 4.22. The van der Waals surface area contributed by atoms with E-state index < -0.39 is 17.7 Å². The summed E-state index contributed by atoms with van der Waals surface area (Å²) in [5, 5.41) is 5.22. The number of anilines is 2. The molecule has 1 aliphatic rings. The SMILES string of the molecule is CC(=O)Nc1cc(Oc2ccc3c(c2)CC(C(=O)Nc2ccc(CN)c(C(F)(F)F)c2)CC3)ccn1. The summed E-state index contributed by atoms with van der Waals surface area (Å²) in [6, 6.07) is 12.5. The van der Waals surface area contributed by atoms with Gasteiger partial charge in [-0.05, 0) is 66.3 Å². The van der Waals surface area contributed by atoms with Gasteiger partial charge < -0.3 is 21.1 Å². The number of carbonyl (C=O) groups excluding carboxylic acids is 2. The molecule has 2 amide bonds. The molecule has 1 aromatic heterocycles. The predicted octanol–water partition coefficient (Wildman–Crippen LogP) is 5.05. The summed E-state index contributed by atoms with van der Waals surface area (Å²) in [4.78, 5) is 28.2. The Morgan fingerprint density at radius 1 is 1.06 bits per heavy atom. The van der Waals surface area contributed by atoms with Crippen molar-refractivity contribution in [2.45, 2.75) is 38.9 Å². The van der Waals surface area contributed by atoms with Crippen LogP contribution in [0.4, 0.5) is 24.7 Å². The molecule has 0 saturated carbocycles. The standard InChI is InChI=1S/C26H25F3N4O3/c1-15(34)32-24-13-22(8-9-31-24)36-21-7-5-16-2-3-17(10-19(16)11-21)25(35)33-20-6-4-18(14-30)23(12-20)26(27,28)29/h4-9,11-13,17H,2-3,10,14,30H2,1H3,(H,33,35)(H,31,32,34). The molecule has 36 heavy (non-hydrogen) atoms. The molecule has 0 aliphatic heterocycles. The Bertz CT molecular complexity index is 1290. The summed E-state index contributed by atoms with van der Waals surface area (Å²) in [5.74, 6) is 0.422. The molecule has 3 aromatic rings. The lowest BCUT2D eigenvalue weighted by atomic mass is 9.83. The van der Waals surface area contributed by atoms with Crippen LogP contribution in [0.15, 0.2) is 54.7 Å². The third kappa shape index (κ3) is 6.01. The highest BCUT2D eigenvalue weighted by Gasteiger charge is 2.33. The monoisotopic (exact) mass is 498 g/mol. The quantitative estimate of drug-likeness (QED) is 0.441. The van der Waals surface area contributed by atoms with Crippen molar-refractivity contribution >= 4 is 23.3 Å². The van der Waals surface area contributed by atoms with E-state index in [1.165, 1.54) is 25.3 Å². The second-order valence-corrected chi connectivity index (χ2v) is 8.59. The summed E-state index contributed by atoms with van der Waals surface area (Å²) in [7, 11) is 0. The fourth-order valence-corrected chi connectivity index (χ4v) is 4.22. The Balaban J connectivity index is 1.46. The van der Waals surface area contributed by atoms with Gasteiger partial charge in [-0.15, -0.1) is 0 Å². The molecule has 1 aliphatic carbocycles. The van der Waals surface area contributed by atoms with Gasteiger partial charge in [0.05, 0.1) is 5.56 Å². The number of rotatable bonds is 6. The number of benzene rings is 2. The molecule has 1 atom stereocenters. The molecule has 1 heterocycles. The molecule has 188 valence electrons. The minimum absolute atomic E-state index is 0.0296. The van der Waals surface area contributed by atoms with Crippen LogP contribution in [0, 0.1) is 5.92 Å². The second kappa shape index (κ2) is 10.4. The van der Waals surface area contributed by atoms with Crippen LogP contribution >= 0.6 is 0 Å². The first-order valence-electron chi connectivity index (χ1n) is 11.4. The summed E-state index contributed by atoms with van der Waals surface area (Å²) in [5.41, 5.74) is 6.66. The normalized spacial score (nSPS) is 15.1. The molecular formula is C26H25F3N4O3. The first kappa shape index (κ1) is 25.2. The number of nitrogens with zero attached hydrogens (tertiary/aromatic N) is 1. The minimum Gasteiger partial charge on any atom is -0.457 e. The van der Waals surface area contributed by atoms with E-state index in [1.54, 1.807) is 12.1 Å². The first-order chi connectivity index (χ1) is 17.1. The highest BCUT2D eigenvalue weighted by atomic mass is 19.4. The lowest BCUT2D eigenvalue weighted by Crippen LogP contribution is -2.28. The van der Waals surface area contributed by atoms with Crippen LogP contribution in [0.2, 0.25) is 0 Å². The van der Waals surface area contributed by atoms with Gasteiger partial charge in [-0.1, -0.05) is 12.1 Å². The van der Waals surface area contributed by atoms with E-state index in [4.69, 9.17) is 10.5 Å². The average molecular weight is 499 g/mol. The van der Waals surface area contributed by atoms with E-state index in [2.05, 4.69) is 15.6 Å². The van der Waals surface area contributed by atoms with Crippen molar-refractivity contribution in [2.75, 3.05) is 10.6 Å². The number of pyridine rings is 1. The van der Waals surface area contributed by atoms with Gasteiger partial charge in [-0.2, -0.15) is 13.2 Å². The summed E-state index contributed by atoms with van der Waals surface area (Å²) in [6.45, 7) is 1.14. The summed E-state index contributed by atoms with van der Waals surface area (Å²) in [6.07, 6.45) is -1.37. The number of halogens is 3. The molecule has 0 spiro atoms. The van der Waals surface area contributed by atoms with E-state index in [-0.39, 0.29) is 29.6 Å². The molecule has 7 nitrogen and oxygen atoms in total. The Hall–Kier alpha value is -3.92. The highest BCUT2D eigenvalue weighted by Crippen LogP contribution is 2.35. The number of nitrogens with two attached hydrogens (primary N) is 1. The molecule has 0 bridgehead atoms. The van der Waals surface area contributed by atoms with Crippen molar-refractivity contribution in [3.05, 3.63) is 77.0 Å². The van der Waals surface area contributed by atoms with Crippen LogP contribution in [0.1, 0.15) is 35.6 Å². The minimum atomic E-state index is -4.56. The first-order valence-corrected chi connectivity index (χ1v) is 11.4. The number of nitrogens with one attached hydrogen (secondary N) is 2. The zero-order valence-corrected chi connectivity index (χ0v) is 19.5.